The molecule has 0 saturated carbocycles. The van der Waals surface area contributed by atoms with Crippen LogP contribution in [-0.4, -0.2) is 0 Å². The smallest absolute Gasteiger partial charge is 0.0294 e. The molecule has 1 aliphatic carbocycles. The van der Waals surface area contributed by atoms with Crippen LogP contribution in [0.5, 0.6) is 0 Å². The van der Waals surface area contributed by atoms with Gasteiger partial charge < -0.3 is 0 Å². The molecule has 0 saturated heterocycles. The van der Waals surface area contributed by atoms with Crippen LogP contribution in [0.1, 0.15) is 54.4 Å². The normalized spacial score (nSPS) is 29.3. The first-order valence-electron chi connectivity index (χ1n) is 5.88. The number of rotatable bonds is 0. The summed E-state index contributed by atoms with van der Waals surface area (Å²) in [5.74, 6) is 1.68. The Morgan fingerprint density at radius 3 is 1.21 bits per heavy atom. The molecular formula is C14H26. The standard InChI is InChI=1S/C14H26/c1-13(2,3)11-9-7-8-10-12(11)14(4,5)6/h7-8,11-12H,9-10H2,1-6H3/t11-,12-/m1/s1. The average molecular weight is 194 g/mol. The Morgan fingerprint density at radius 2 is 1.00 bits per heavy atom. The minimum Gasteiger partial charge on any atom is -0.0882 e. The van der Waals surface area contributed by atoms with Crippen LogP contribution in [-0.2, 0) is 0 Å². The monoisotopic (exact) mass is 194 g/mol. The fraction of sp³-hybridized carbons (Fsp3) is 0.857. The molecule has 1 aliphatic rings. The van der Waals surface area contributed by atoms with E-state index < -0.39 is 0 Å². The van der Waals surface area contributed by atoms with E-state index in [0.717, 1.165) is 11.8 Å². The van der Waals surface area contributed by atoms with Gasteiger partial charge in [0.05, 0.1) is 0 Å². The maximum Gasteiger partial charge on any atom is -0.0294 e. The van der Waals surface area contributed by atoms with Gasteiger partial charge in [0.2, 0.25) is 0 Å². The first kappa shape index (κ1) is 11.8. The van der Waals surface area contributed by atoms with Crippen LogP contribution in [0.4, 0.5) is 0 Å². The van der Waals surface area contributed by atoms with Gasteiger partial charge in [0.1, 0.15) is 0 Å². The molecular weight excluding hydrogens is 168 g/mol. The van der Waals surface area contributed by atoms with Crippen molar-refractivity contribution in [3.63, 3.8) is 0 Å². The van der Waals surface area contributed by atoms with Crippen LogP contribution in [0.25, 0.3) is 0 Å². The molecule has 14 heavy (non-hydrogen) atoms. The van der Waals surface area contributed by atoms with Crippen molar-refractivity contribution in [2.24, 2.45) is 22.7 Å². The summed E-state index contributed by atoms with van der Waals surface area (Å²) in [5.41, 5.74) is 0.894. The van der Waals surface area contributed by atoms with Crippen LogP contribution >= 0.6 is 0 Å². The first-order chi connectivity index (χ1) is 6.23. The second-order valence-corrected chi connectivity index (χ2v) is 6.89. The molecule has 2 atom stereocenters. The Morgan fingerprint density at radius 1 is 0.714 bits per heavy atom. The maximum atomic E-state index is 2.38. The van der Waals surface area contributed by atoms with Crippen LogP contribution in [0.3, 0.4) is 0 Å². The van der Waals surface area contributed by atoms with Crippen molar-refractivity contribution >= 4 is 0 Å². The van der Waals surface area contributed by atoms with Gasteiger partial charge in [-0.1, -0.05) is 53.7 Å². The molecule has 0 aromatic rings. The zero-order chi connectivity index (χ0) is 11.0. The van der Waals surface area contributed by atoms with Crippen molar-refractivity contribution in [1.82, 2.24) is 0 Å². The summed E-state index contributed by atoms with van der Waals surface area (Å²) in [6.45, 7) is 14.3. The number of hydrogen-bond acceptors (Lipinski definition) is 0. The molecule has 1 rings (SSSR count). The molecule has 82 valence electrons. The van der Waals surface area contributed by atoms with E-state index >= 15 is 0 Å². The average Bonchev–Trinajstić information content (AvgIpc) is 2.01. The van der Waals surface area contributed by atoms with Crippen LogP contribution in [0, 0.1) is 22.7 Å². The van der Waals surface area contributed by atoms with Crippen LogP contribution in [0.2, 0.25) is 0 Å². The van der Waals surface area contributed by atoms with Crippen molar-refractivity contribution in [1.29, 1.82) is 0 Å². The molecule has 0 spiro atoms. The lowest BCUT2D eigenvalue weighted by atomic mass is 9.60. The van der Waals surface area contributed by atoms with E-state index in [1.54, 1.807) is 0 Å². The molecule has 0 unspecified atom stereocenters. The molecule has 0 bridgehead atoms. The highest BCUT2D eigenvalue weighted by molar-refractivity contribution is 5.00. The topological polar surface area (TPSA) is 0 Å². The highest BCUT2D eigenvalue weighted by atomic mass is 14.4. The van der Waals surface area contributed by atoms with E-state index in [-0.39, 0.29) is 0 Å². The molecule has 0 radical (unpaired) electrons. The van der Waals surface area contributed by atoms with Crippen LogP contribution in [0.15, 0.2) is 12.2 Å². The lowest BCUT2D eigenvalue weighted by Gasteiger charge is -2.45. The maximum absolute atomic E-state index is 2.38. The molecule has 0 nitrogen and oxygen atoms in total. The second-order valence-electron chi connectivity index (χ2n) is 6.89. The molecule has 0 aliphatic heterocycles. The van der Waals surface area contributed by atoms with Gasteiger partial charge in [-0.15, -0.1) is 0 Å². The molecule has 0 N–H and O–H groups in total. The minimum absolute atomic E-state index is 0.447. The molecule has 0 heteroatoms. The third kappa shape index (κ3) is 2.62. The zero-order valence-corrected chi connectivity index (χ0v) is 10.7. The third-order valence-corrected chi connectivity index (χ3v) is 3.66. The summed E-state index contributed by atoms with van der Waals surface area (Å²) in [6, 6.07) is 0. The van der Waals surface area contributed by atoms with Gasteiger partial charge in [-0.3, -0.25) is 0 Å². The van der Waals surface area contributed by atoms with Crippen molar-refractivity contribution < 1.29 is 0 Å². The van der Waals surface area contributed by atoms with Crippen molar-refractivity contribution in [3.05, 3.63) is 12.2 Å². The Kier molecular flexibility index (Phi) is 3.13. The van der Waals surface area contributed by atoms with Crippen molar-refractivity contribution in [2.45, 2.75) is 54.4 Å². The predicted molar refractivity (Wildman–Crippen MR) is 64.3 cm³/mol. The summed E-state index contributed by atoms with van der Waals surface area (Å²) >= 11 is 0. The van der Waals surface area contributed by atoms with Gasteiger partial charge in [-0.25, -0.2) is 0 Å². The largest absolute Gasteiger partial charge is 0.0882 e. The lowest BCUT2D eigenvalue weighted by molar-refractivity contribution is 0.0691. The second kappa shape index (κ2) is 3.72. The van der Waals surface area contributed by atoms with Gasteiger partial charge in [0, 0.05) is 0 Å². The van der Waals surface area contributed by atoms with E-state index in [1.165, 1.54) is 12.8 Å². The SMILES string of the molecule is CC(C)(C)[C@@H]1CC=CC[C@H]1C(C)(C)C. The molecule has 0 heterocycles. The highest BCUT2D eigenvalue weighted by Gasteiger charge is 2.38. The summed E-state index contributed by atoms with van der Waals surface area (Å²) in [4.78, 5) is 0. The molecule has 0 fully saturated rings. The molecule has 0 amide bonds. The Balaban J connectivity index is 2.87. The lowest BCUT2D eigenvalue weighted by Crippen LogP contribution is -2.36. The summed E-state index contributed by atoms with van der Waals surface area (Å²) < 4.78 is 0. The van der Waals surface area contributed by atoms with Crippen molar-refractivity contribution in [3.8, 4) is 0 Å². The van der Waals surface area contributed by atoms with Crippen molar-refractivity contribution in [2.75, 3.05) is 0 Å². The first-order valence-corrected chi connectivity index (χ1v) is 5.88. The summed E-state index contributed by atoms with van der Waals surface area (Å²) in [5, 5.41) is 0. The Hall–Kier alpha value is -0.260. The fourth-order valence-corrected chi connectivity index (χ4v) is 2.73. The number of hydrogen-bond donors (Lipinski definition) is 0. The predicted octanol–water partition coefficient (Wildman–Crippen LogP) is 4.66. The summed E-state index contributed by atoms with van der Waals surface area (Å²) in [6.07, 6.45) is 7.28. The van der Waals surface area contributed by atoms with Crippen LogP contribution < -0.4 is 0 Å². The van der Waals surface area contributed by atoms with E-state index in [4.69, 9.17) is 0 Å². The molecule has 0 aromatic heterocycles. The Bertz CT molecular complexity index is 185. The summed E-state index contributed by atoms with van der Waals surface area (Å²) in [7, 11) is 0. The number of allylic oxidation sites excluding steroid dienone is 2. The van der Waals surface area contributed by atoms with E-state index in [1.807, 2.05) is 0 Å². The zero-order valence-electron chi connectivity index (χ0n) is 10.7. The third-order valence-electron chi connectivity index (χ3n) is 3.66. The van der Waals surface area contributed by atoms with E-state index in [0.29, 0.717) is 10.8 Å². The van der Waals surface area contributed by atoms with Gasteiger partial charge in [0.15, 0.2) is 0 Å². The fourth-order valence-electron chi connectivity index (χ4n) is 2.73. The molecule has 0 aromatic carbocycles. The van der Waals surface area contributed by atoms with E-state index in [9.17, 15) is 0 Å². The minimum atomic E-state index is 0.447. The quantitative estimate of drug-likeness (QED) is 0.492. The van der Waals surface area contributed by atoms with Gasteiger partial charge in [-0.2, -0.15) is 0 Å². The van der Waals surface area contributed by atoms with E-state index in [2.05, 4.69) is 53.7 Å². The van der Waals surface area contributed by atoms with Gasteiger partial charge in [0.25, 0.3) is 0 Å². The highest BCUT2D eigenvalue weighted by Crippen LogP contribution is 2.46. The van der Waals surface area contributed by atoms with Gasteiger partial charge >= 0.3 is 0 Å². The Labute approximate surface area is 89.8 Å². The van der Waals surface area contributed by atoms with Gasteiger partial charge in [-0.05, 0) is 35.5 Å².